The highest BCUT2D eigenvalue weighted by Gasteiger charge is 2.29. The Labute approximate surface area is 135 Å². The minimum atomic E-state index is -3.17. The van der Waals surface area contributed by atoms with E-state index < -0.39 is 10.0 Å². The number of sulfonamides is 1. The van der Waals surface area contributed by atoms with Crippen LogP contribution in [-0.4, -0.2) is 50.7 Å². The van der Waals surface area contributed by atoms with Crippen LogP contribution in [0.1, 0.15) is 18.4 Å². The van der Waals surface area contributed by atoms with E-state index in [4.69, 9.17) is 0 Å². The van der Waals surface area contributed by atoms with Gasteiger partial charge in [-0.15, -0.1) is 0 Å². The Balaban J connectivity index is 1.61. The van der Waals surface area contributed by atoms with E-state index in [-0.39, 0.29) is 17.9 Å². The molecule has 126 valence electrons. The zero-order valence-corrected chi connectivity index (χ0v) is 13.8. The van der Waals surface area contributed by atoms with Crippen LogP contribution in [0.15, 0.2) is 18.2 Å². The Bertz CT molecular complexity index is 715. The van der Waals surface area contributed by atoms with Crippen LogP contribution in [0.4, 0.5) is 14.9 Å². The Kier molecular flexibility index (Phi) is 4.29. The van der Waals surface area contributed by atoms with Crippen LogP contribution in [0.25, 0.3) is 0 Å². The van der Waals surface area contributed by atoms with Gasteiger partial charge in [-0.3, -0.25) is 4.90 Å². The third-order valence-corrected chi connectivity index (χ3v) is 5.74. The molecule has 1 fully saturated rings. The average Bonchev–Trinajstić information content (AvgIpc) is 2.90. The van der Waals surface area contributed by atoms with E-state index in [1.165, 1.54) is 22.7 Å². The van der Waals surface area contributed by atoms with Crippen molar-refractivity contribution in [2.75, 3.05) is 30.8 Å². The van der Waals surface area contributed by atoms with Gasteiger partial charge in [0.15, 0.2) is 0 Å². The van der Waals surface area contributed by atoms with E-state index in [9.17, 15) is 17.6 Å². The van der Waals surface area contributed by atoms with Crippen LogP contribution < -0.4 is 10.2 Å². The fourth-order valence-corrected chi connectivity index (χ4v) is 4.02. The summed E-state index contributed by atoms with van der Waals surface area (Å²) in [5.41, 5.74) is 1.59. The number of benzene rings is 1. The summed E-state index contributed by atoms with van der Waals surface area (Å²) in [5.74, 6) is -0.357. The molecule has 2 amide bonds. The van der Waals surface area contributed by atoms with Crippen molar-refractivity contribution in [3.63, 3.8) is 0 Å². The molecule has 0 aromatic heterocycles. The first-order valence-electron chi connectivity index (χ1n) is 7.66. The number of hydrogen-bond donors (Lipinski definition) is 1. The first-order chi connectivity index (χ1) is 10.8. The van der Waals surface area contributed by atoms with Gasteiger partial charge in [-0.1, -0.05) is 6.07 Å². The molecule has 6 nitrogen and oxygen atoms in total. The number of amides is 2. The highest BCUT2D eigenvalue weighted by atomic mass is 32.2. The summed E-state index contributed by atoms with van der Waals surface area (Å²) in [4.78, 5) is 14.0. The minimum Gasteiger partial charge on any atom is -0.335 e. The zero-order valence-electron chi connectivity index (χ0n) is 13.0. The fourth-order valence-electron chi connectivity index (χ4n) is 3.15. The van der Waals surface area contributed by atoms with Crippen LogP contribution in [-0.2, 0) is 16.4 Å². The third kappa shape index (κ3) is 3.48. The Morgan fingerprint density at radius 1 is 1.26 bits per heavy atom. The summed E-state index contributed by atoms with van der Waals surface area (Å²) >= 11 is 0. The second-order valence-electron chi connectivity index (χ2n) is 6.06. The first-order valence-corrected chi connectivity index (χ1v) is 9.51. The Hall–Kier alpha value is -1.67. The molecule has 23 heavy (non-hydrogen) atoms. The maximum Gasteiger partial charge on any atom is 0.322 e. The lowest BCUT2D eigenvalue weighted by molar-refractivity contribution is 0.233. The second-order valence-corrected chi connectivity index (χ2v) is 8.04. The molecule has 8 heteroatoms. The Morgan fingerprint density at radius 2 is 1.96 bits per heavy atom. The van der Waals surface area contributed by atoms with Gasteiger partial charge in [0.2, 0.25) is 10.0 Å². The van der Waals surface area contributed by atoms with Crippen LogP contribution in [0.5, 0.6) is 0 Å². The fraction of sp³-hybridized carbons (Fsp3) is 0.533. The summed E-state index contributed by atoms with van der Waals surface area (Å²) in [6, 6.07) is 4.20. The maximum absolute atomic E-state index is 13.4. The molecule has 0 bridgehead atoms. The smallest absolute Gasteiger partial charge is 0.322 e. The van der Waals surface area contributed by atoms with Gasteiger partial charge in [-0.2, -0.15) is 0 Å². The molecule has 0 unspecified atom stereocenters. The van der Waals surface area contributed by atoms with Crippen molar-refractivity contribution in [3.8, 4) is 0 Å². The molecule has 2 aliphatic heterocycles. The molecule has 1 aromatic rings. The van der Waals surface area contributed by atoms with Crippen molar-refractivity contribution in [1.29, 1.82) is 0 Å². The van der Waals surface area contributed by atoms with Crippen molar-refractivity contribution < 1.29 is 17.6 Å². The van der Waals surface area contributed by atoms with E-state index in [0.717, 1.165) is 12.0 Å². The van der Waals surface area contributed by atoms with Crippen molar-refractivity contribution in [1.82, 2.24) is 9.62 Å². The predicted octanol–water partition coefficient (Wildman–Crippen LogP) is 1.32. The van der Waals surface area contributed by atoms with Gasteiger partial charge in [0, 0.05) is 25.7 Å². The highest BCUT2D eigenvalue weighted by molar-refractivity contribution is 7.88. The summed E-state index contributed by atoms with van der Waals surface area (Å²) in [7, 11) is -3.17. The molecule has 2 aliphatic rings. The maximum atomic E-state index is 13.4. The number of nitrogens with one attached hydrogen (secondary N) is 1. The quantitative estimate of drug-likeness (QED) is 0.882. The monoisotopic (exact) mass is 341 g/mol. The number of anilines is 1. The average molecular weight is 341 g/mol. The minimum absolute atomic E-state index is 0.0573. The van der Waals surface area contributed by atoms with E-state index in [1.54, 1.807) is 11.0 Å². The summed E-state index contributed by atoms with van der Waals surface area (Å²) in [5, 5.41) is 2.94. The number of nitrogens with zero attached hydrogens (tertiary/aromatic N) is 2. The van der Waals surface area contributed by atoms with Gasteiger partial charge < -0.3 is 5.32 Å². The normalized spacial score (nSPS) is 19.7. The lowest BCUT2D eigenvalue weighted by atomic mass is 10.1. The second kappa shape index (κ2) is 6.09. The molecule has 0 saturated carbocycles. The molecular weight excluding hydrogens is 321 g/mol. The van der Waals surface area contributed by atoms with E-state index >= 15 is 0 Å². The molecule has 0 aliphatic carbocycles. The van der Waals surface area contributed by atoms with Crippen LogP contribution in [0.2, 0.25) is 0 Å². The van der Waals surface area contributed by atoms with Gasteiger partial charge in [0.05, 0.1) is 11.9 Å². The highest BCUT2D eigenvalue weighted by Crippen LogP contribution is 2.28. The van der Waals surface area contributed by atoms with Crippen molar-refractivity contribution >= 4 is 21.7 Å². The molecule has 2 heterocycles. The van der Waals surface area contributed by atoms with Crippen LogP contribution in [0, 0.1) is 5.82 Å². The number of piperidine rings is 1. The largest absolute Gasteiger partial charge is 0.335 e. The van der Waals surface area contributed by atoms with Crippen molar-refractivity contribution in [2.45, 2.75) is 25.3 Å². The van der Waals surface area contributed by atoms with Gasteiger partial charge in [-0.05, 0) is 37.0 Å². The molecule has 3 rings (SSSR count). The molecule has 1 saturated heterocycles. The topological polar surface area (TPSA) is 69.7 Å². The van der Waals surface area contributed by atoms with E-state index in [2.05, 4.69) is 5.32 Å². The lowest BCUT2D eigenvalue weighted by Crippen LogP contribution is -2.49. The number of fused-ring (bicyclic) bond motifs is 1. The van der Waals surface area contributed by atoms with E-state index in [1.807, 2.05) is 0 Å². The number of carbonyl (C=O) groups is 1. The first kappa shape index (κ1) is 16.2. The van der Waals surface area contributed by atoms with Crippen molar-refractivity contribution in [2.24, 2.45) is 0 Å². The van der Waals surface area contributed by atoms with Gasteiger partial charge in [0.1, 0.15) is 5.82 Å². The number of halogens is 1. The van der Waals surface area contributed by atoms with Gasteiger partial charge in [0.25, 0.3) is 0 Å². The summed E-state index contributed by atoms with van der Waals surface area (Å²) in [6.07, 6.45) is 3.09. The summed E-state index contributed by atoms with van der Waals surface area (Å²) < 4.78 is 37.8. The molecule has 0 atom stereocenters. The van der Waals surface area contributed by atoms with Gasteiger partial charge >= 0.3 is 6.03 Å². The number of carbonyl (C=O) groups excluding carboxylic acids is 1. The molecule has 0 spiro atoms. The van der Waals surface area contributed by atoms with Crippen LogP contribution in [0.3, 0.4) is 0 Å². The predicted molar refractivity (Wildman–Crippen MR) is 85.4 cm³/mol. The van der Waals surface area contributed by atoms with Gasteiger partial charge in [-0.25, -0.2) is 21.9 Å². The Morgan fingerprint density at radius 3 is 2.61 bits per heavy atom. The molecule has 0 radical (unpaired) electrons. The third-order valence-electron chi connectivity index (χ3n) is 4.44. The van der Waals surface area contributed by atoms with Crippen molar-refractivity contribution in [3.05, 3.63) is 29.6 Å². The molecule has 1 N–H and O–H groups in total. The van der Waals surface area contributed by atoms with Crippen LogP contribution >= 0.6 is 0 Å². The molecular formula is C15H20FN3O3S. The summed E-state index contributed by atoms with van der Waals surface area (Å²) in [6.45, 7) is 1.36. The SMILES string of the molecule is CS(=O)(=O)N1CCC(NC(=O)N2CCc3ccc(F)cc32)CC1. The lowest BCUT2D eigenvalue weighted by Gasteiger charge is -2.31. The number of rotatable bonds is 2. The number of hydrogen-bond acceptors (Lipinski definition) is 3. The number of urea groups is 1. The standard InChI is InChI=1S/C15H20FN3O3S/c1-23(21,22)18-7-5-13(6-8-18)17-15(20)19-9-4-11-2-3-12(16)10-14(11)19/h2-3,10,13H,4-9H2,1H3,(H,17,20). The zero-order chi connectivity index (χ0) is 16.6. The molecule has 1 aromatic carbocycles. The van der Waals surface area contributed by atoms with E-state index in [0.29, 0.717) is 38.2 Å².